The highest BCUT2D eigenvalue weighted by Gasteiger charge is 2.44. The monoisotopic (exact) mass is 328 g/mol. The minimum Gasteiger partial charge on any atom is -0.416 e. The van der Waals surface area contributed by atoms with Crippen molar-refractivity contribution in [1.29, 1.82) is 0 Å². The van der Waals surface area contributed by atoms with E-state index < -0.39 is 14.4 Å². The summed E-state index contributed by atoms with van der Waals surface area (Å²) in [6, 6.07) is 0. The number of rotatable bonds is 11. The summed E-state index contributed by atoms with van der Waals surface area (Å²) in [7, 11) is -1.87. The molecule has 0 saturated carbocycles. The van der Waals surface area contributed by atoms with Crippen LogP contribution in [-0.4, -0.2) is 37.8 Å². The first-order chi connectivity index (χ1) is 10.2. The number of hydrogen-bond acceptors (Lipinski definition) is 3. The lowest BCUT2D eigenvalue weighted by molar-refractivity contribution is 0.0696. The van der Waals surface area contributed by atoms with Crippen LogP contribution in [0, 0.1) is 5.92 Å². The van der Waals surface area contributed by atoms with Crippen LogP contribution in [0.2, 0.25) is 16.6 Å². The molecule has 0 aliphatic heterocycles. The Balaban J connectivity index is 4.75. The Bertz CT molecular complexity index is 315. The van der Waals surface area contributed by atoms with Gasteiger partial charge in [0, 0.05) is 12.5 Å². The lowest BCUT2D eigenvalue weighted by Crippen LogP contribution is -2.48. The Morgan fingerprint density at radius 3 is 1.91 bits per heavy atom. The van der Waals surface area contributed by atoms with Crippen LogP contribution in [0.25, 0.3) is 0 Å². The van der Waals surface area contributed by atoms with E-state index in [0.717, 1.165) is 0 Å². The highest BCUT2D eigenvalue weighted by Crippen LogP contribution is 2.42. The lowest BCUT2D eigenvalue weighted by atomic mass is 10.0. The fourth-order valence-corrected chi connectivity index (χ4v) is 9.07. The molecular weight excluding hydrogens is 292 g/mol. The van der Waals surface area contributed by atoms with Gasteiger partial charge in [0.2, 0.25) is 0 Å². The van der Waals surface area contributed by atoms with E-state index in [1.54, 1.807) is 18.2 Å². The van der Waals surface area contributed by atoms with Crippen molar-refractivity contribution >= 4 is 8.32 Å². The molecule has 0 heterocycles. The van der Waals surface area contributed by atoms with Gasteiger partial charge in [-0.05, 0) is 23.0 Å². The molecule has 0 radical (unpaired) electrons. The van der Waals surface area contributed by atoms with Gasteiger partial charge < -0.3 is 14.6 Å². The molecule has 0 spiro atoms. The number of hydrogen-bond donors (Lipinski definition) is 2. The van der Waals surface area contributed by atoms with Gasteiger partial charge in [0.25, 0.3) is 0 Å². The highest BCUT2D eigenvalue weighted by molar-refractivity contribution is 6.77. The largest absolute Gasteiger partial charge is 0.416 e. The number of aliphatic hydroxyl groups is 2. The van der Waals surface area contributed by atoms with Crippen molar-refractivity contribution in [3.63, 3.8) is 0 Å². The van der Waals surface area contributed by atoms with E-state index in [1.807, 2.05) is 0 Å². The molecule has 0 unspecified atom stereocenters. The summed E-state index contributed by atoms with van der Waals surface area (Å²) in [5.74, 6) is -0.255. The highest BCUT2D eigenvalue weighted by atomic mass is 28.4. The predicted octanol–water partition coefficient (Wildman–Crippen LogP) is 4.28. The Morgan fingerprint density at radius 1 is 1.05 bits per heavy atom. The lowest BCUT2D eigenvalue weighted by Gasteiger charge is -2.42. The van der Waals surface area contributed by atoms with E-state index in [0.29, 0.717) is 29.7 Å². The molecular formula is C18H36O3Si. The molecule has 0 aliphatic rings. The maximum absolute atomic E-state index is 10.2. The molecule has 0 amide bonds. The Morgan fingerprint density at radius 2 is 1.55 bits per heavy atom. The quantitative estimate of drug-likeness (QED) is 0.439. The summed E-state index contributed by atoms with van der Waals surface area (Å²) in [6.45, 7) is 17.6. The summed E-state index contributed by atoms with van der Waals surface area (Å²) in [5, 5.41) is 19.6. The minimum absolute atomic E-state index is 0.0629. The van der Waals surface area contributed by atoms with Gasteiger partial charge in [-0.2, -0.15) is 0 Å². The first-order valence-corrected chi connectivity index (χ1v) is 10.6. The summed E-state index contributed by atoms with van der Waals surface area (Å²) >= 11 is 0. The third-order valence-electron chi connectivity index (χ3n) is 4.67. The van der Waals surface area contributed by atoms with Crippen molar-refractivity contribution < 1.29 is 14.6 Å². The van der Waals surface area contributed by atoms with Gasteiger partial charge in [0.1, 0.15) is 0 Å². The molecule has 0 aromatic rings. The molecule has 0 aromatic carbocycles. The fraction of sp³-hybridized carbons (Fsp3) is 0.778. The molecule has 0 rings (SSSR count). The second kappa shape index (κ2) is 10.4. The summed E-state index contributed by atoms with van der Waals surface area (Å²) < 4.78 is 6.44. The summed E-state index contributed by atoms with van der Waals surface area (Å²) in [5.41, 5.74) is 1.62. The molecule has 0 fully saturated rings. The van der Waals surface area contributed by atoms with Crippen molar-refractivity contribution in [2.75, 3.05) is 13.2 Å². The molecule has 0 aromatic heterocycles. The van der Waals surface area contributed by atoms with Gasteiger partial charge in [0.05, 0.1) is 12.7 Å². The van der Waals surface area contributed by atoms with Crippen molar-refractivity contribution in [3.05, 3.63) is 24.8 Å². The van der Waals surface area contributed by atoms with Crippen LogP contribution in [0.4, 0.5) is 0 Å². The average Bonchev–Trinajstić information content (AvgIpc) is 2.43. The zero-order valence-corrected chi connectivity index (χ0v) is 16.2. The second-order valence-corrected chi connectivity index (χ2v) is 12.4. The van der Waals surface area contributed by atoms with Gasteiger partial charge in [-0.25, -0.2) is 0 Å². The fourth-order valence-electron chi connectivity index (χ4n) is 3.60. The van der Waals surface area contributed by atoms with E-state index in [1.165, 1.54) is 0 Å². The van der Waals surface area contributed by atoms with Crippen molar-refractivity contribution in [2.24, 2.45) is 5.92 Å². The normalized spacial score (nSPS) is 16.0. The van der Waals surface area contributed by atoms with E-state index in [-0.39, 0.29) is 12.5 Å². The van der Waals surface area contributed by atoms with Gasteiger partial charge in [0.15, 0.2) is 8.32 Å². The molecule has 4 heteroatoms. The molecule has 22 heavy (non-hydrogen) atoms. The van der Waals surface area contributed by atoms with Crippen LogP contribution in [0.3, 0.4) is 0 Å². The van der Waals surface area contributed by atoms with Crippen molar-refractivity contribution in [1.82, 2.24) is 0 Å². The molecule has 130 valence electrons. The zero-order chi connectivity index (χ0) is 17.3. The van der Waals surface area contributed by atoms with E-state index >= 15 is 0 Å². The SMILES string of the molecule is C=C/C=C/[C@@H](CO)[C@@H](O)CCO[Si](C(C)C)(C(C)C)C(C)C. The molecule has 2 atom stereocenters. The maximum atomic E-state index is 10.2. The Hall–Kier alpha value is -0.423. The van der Waals surface area contributed by atoms with Crippen LogP contribution in [0.5, 0.6) is 0 Å². The smallest absolute Gasteiger partial charge is 0.200 e. The van der Waals surface area contributed by atoms with Crippen LogP contribution in [0.15, 0.2) is 24.8 Å². The topological polar surface area (TPSA) is 49.7 Å². The average molecular weight is 329 g/mol. The summed E-state index contributed by atoms with van der Waals surface area (Å²) in [6.07, 6.45) is 5.18. The number of allylic oxidation sites excluding steroid dienone is 2. The van der Waals surface area contributed by atoms with Gasteiger partial charge >= 0.3 is 0 Å². The molecule has 0 saturated heterocycles. The van der Waals surface area contributed by atoms with Crippen LogP contribution in [0.1, 0.15) is 48.0 Å². The molecule has 0 aliphatic carbocycles. The van der Waals surface area contributed by atoms with Crippen LogP contribution in [-0.2, 0) is 4.43 Å². The minimum atomic E-state index is -1.87. The third-order valence-corrected chi connectivity index (χ3v) is 10.8. The van der Waals surface area contributed by atoms with Crippen LogP contribution >= 0.6 is 0 Å². The third kappa shape index (κ3) is 5.65. The van der Waals surface area contributed by atoms with Crippen LogP contribution < -0.4 is 0 Å². The van der Waals surface area contributed by atoms with E-state index in [9.17, 15) is 10.2 Å². The second-order valence-electron chi connectivity index (χ2n) is 6.99. The standard InChI is InChI=1S/C18H36O3Si/c1-8-9-10-17(13-19)18(20)11-12-21-22(14(2)3,15(4)5)16(6)7/h8-10,14-20H,1,11-13H2,2-7H3/b10-9+/t17-,18-/m0/s1. The maximum Gasteiger partial charge on any atom is 0.200 e. The van der Waals surface area contributed by atoms with E-state index in [4.69, 9.17) is 4.43 Å². The first-order valence-electron chi connectivity index (χ1n) is 8.46. The van der Waals surface area contributed by atoms with Gasteiger partial charge in [-0.15, -0.1) is 0 Å². The number of aliphatic hydroxyl groups excluding tert-OH is 2. The van der Waals surface area contributed by atoms with E-state index in [2.05, 4.69) is 48.1 Å². The molecule has 3 nitrogen and oxygen atoms in total. The summed E-state index contributed by atoms with van der Waals surface area (Å²) in [4.78, 5) is 0. The van der Waals surface area contributed by atoms with Crippen molar-refractivity contribution in [2.45, 2.75) is 70.7 Å². The zero-order valence-electron chi connectivity index (χ0n) is 15.2. The van der Waals surface area contributed by atoms with Gasteiger partial charge in [-0.3, -0.25) is 0 Å². The Labute approximate surface area is 138 Å². The first kappa shape index (κ1) is 21.6. The Kier molecular flexibility index (Phi) is 10.2. The molecule has 0 bridgehead atoms. The molecule has 2 N–H and O–H groups in total. The van der Waals surface area contributed by atoms with Gasteiger partial charge in [-0.1, -0.05) is 66.3 Å². The predicted molar refractivity (Wildman–Crippen MR) is 97.5 cm³/mol. The van der Waals surface area contributed by atoms with Crippen molar-refractivity contribution in [3.8, 4) is 0 Å².